The number of nitrogens with one attached hydrogen (secondary N) is 1. The van der Waals surface area contributed by atoms with Gasteiger partial charge in [0.15, 0.2) is 5.13 Å². The molecule has 0 aliphatic carbocycles. The highest BCUT2D eigenvalue weighted by atomic mass is 32.1. The largest absolute Gasteiger partial charge is 0.397 e. The second-order valence-corrected chi connectivity index (χ2v) is 8.26. The van der Waals surface area contributed by atoms with E-state index in [1.54, 1.807) is 0 Å². The summed E-state index contributed by atoms with van der Waals surface area (Å²) >= 11 is 2.79. The fraction of sp³-hybridized carbons (Fsp3) is 0.211. The number of benzene rings is 1. The van der Waals surface area contributed by atoms with Crippen molar-refractivity contribution in [2.45, 2.75) is 27.2 Å². The van der Waals surface area contributed by atoms with Gasteiger partial charge in [-0.2, -0.15) is 0 Å². The van der Waals surface area contributed by atoms with E-state index in [0.29, 0.717) is 15.7 Å². The van der Waals surface area contributed by atoms with Crippen molar-refractivity contribution >= 4 is 59.8 Å². The molecule has 0 unspecified atom stereocenters. The Balaban J connectivity index is 1.69. The molecule has 132 valence electrons. The normalized spacial score (nSPS) is 11.3. The molecule has 4 rings (SSSR count). The number of thiazole rings is 1. The van der Waals surface area contributed by atoms with Gasteiger partial charge in [0, 0.05) is 11.1 Å². The molecule has 0 aliphatic rings. The lowest BCUT2D eigenvalue weighted by Gasteiger charge is -2.01. The lowest BCUT2D eigenvalue weighted by Crippen LogP contribution is -2.11. The molecular weight excluding hydrogens is 364 g/mol. The molecule has 0 spiro atoms. The van der Waals surface area contributed by atoms with Crippen LogP contribution in [0.4, 0.5) is 10.8 Å². The van der Waals surface area contributed by atoms with Gasteiger partial charge >= 0.3 is 0 Å². The van der Waals surface area contributed by atoms with Crippen LogP contribution in [-0.4, -0.2) is 15.9 Å². The van der Waals surface area contributed by atoms with Crippen LogP contribution >= 0.6 is 22.7 Å². The van der Waals surface area contributed by atoms with Gasteiger partial charge in [0.25, 0.3) is 5.91 Å². The first-order valence-corrected chi connectivity index (χ1v) is 9.96. The number of aromatic nitrogens is 2. The summed E-state index contributed by atoms with van der Waals surface area (Å²) in [5.41, 5.74) is 10.8. The molecule has 3 N–H and O–H groups in total. The lowest BCUT2D eigenvalue weighted by molar-refractivity contribution is 0.103. The summed E-state index contributed by atoms with van der Waals surface area (Å²) in [6, 6.07) is 8.15. The van der Waals surface area contributed by atoms with Gasteiger partial charge in [-0.25, -0.2) is 9.97 Å². The van der Waals surface area contributed by atoms with Crippen LogP contribution in [0.2, 0.25) is 0 Å². The van der Waals surface area contributed by atoms with Gasteiger partial charge < -0.3 is 5.73 Å². The number of nitrogens with two attached hydrogens (primary N) is 1. The molecular formula is C19H18N4OS2. The number of carbonyl (C=O) groups excluding carboxylic acids is 1. The Morgan fingerprint density at radius 1 is 1.19 bits per heavy atom. The van der Waals surface area contributed by atoms with E-state index in [1.165, 1.54) is 28.2 Å². The Labute approximate surface area is 158 Å². The van der Waals surface area contributed by atoms with E-state index in [-0.39, 0.29) is 5.91 Å². The van der Waals surface area contributed by atoms with Crippen molar-refractivity contribution in [2.24, 2.45) is 0 Å². The molecule has 0 atom stereocenters. The molecule has 26 heavy (non-hydrogen) atoms. The van der Waals surface area contributed by atoms with Crippen molar-refractivity contribution in [3.05, 3.63) is 46.0 Å². The maximum absolute atomic E-state index is 12.8. The minimum Gasteiger partial charge on any atom is -0.397 e. The highest BCUT2D eigenvalue weighted by Crippen LogP contribution is 2.36. The van der Waals surface area contributed by atoms with E-state index in [0.717, 1.165) is 38.1 Å². The number of rotatable bonds is 3. The molecule has 7 heteroatoms. The number of carbonyl (C=O) groups is 1. The number of thiophene rings is 1. The zero-order chi connectivity index (χ0) is 18.4. The standard InChI is InChI=1S/C19H18N4OS2/c1-4-11-5-6-12-13(8-11)25-19(22-12)23-17(24)16-15(20)14-9(2)7-10(3)21-18(14)26-16/h5-8H,4,20H2,1-3H3,(H,22,23,24). The van der Waals surface area contributed by atoms with Crippen LogP contribution < -0.4 is 11.1 Å². The van der Waals surface area contributed by atoms with Crippen molar-refractivity contribution in [1.82, 2.24) is 9.97 Å². The summed E-state index contributed by atoms with van der Waals surface area (Å²) in [6.45, 7) is 6.04. The maximum atomic E-state index is 12.8. The Morgan fingerprint density at radius 3 is 2.77 bits per heavy atom. The highest BCUT2D eigenvalue weighted by molar-refractivity contribution is 7.23. The SMILES string of the molecule is CCc1ccc2nc(NC(=O)c3sc4nc(C)cc(C)c4c3N)sc2c1. The van der Waals surface area contributed by atoms with Crippen LogP contribution in [-0.2, 0) is 6.42 Å². The minimum absolute atomic E-state index is 0.239. The van der Waals surface area contributed by atoms with Crippen LogP contribution in [0, 0.1) is 13.8 Å². The van der Waals surface area contributed by atoms with Gasteiger partial charge in [-0.05, 0) is 49.6 Å². The topological polar surface area (TPSA) is 80.9 Å². The summed E-state index contributed by atoms with van der Waals surface area (Å²) in [5, 5.41) is 4.34. The minimum atomic E-state index is -0.239. The summed E-state index contributed by atoms with van der Waals surface area (Å²) < 4.78 is 1.07. The van der Waals surface area contributed by atoms with Gasteiger partial charge in [-0.1, -0.05) is 24.3 Å². The van der Waals surface area contributed by atoms with E-state index >= 15 is 0 Å². The van der Waals surface area contributed by atoms with Gasteiger partial charge in [0.05, 0.1) is 15.9 Å². The summed E-state index contributed by atoms with van der Waals surface area (Å²) in [6.07, 6.45) is 0.972. The van der Waals surface area contributed by atoms with Crippen LogP contribution in [0.1, 0.15) is 33.4 Å². The smallest absolute Gasteiger partial charge is 0.269 e. The van der Waals surface area contributed by atoms with Crippen LogP contribution in [0.5, 0.6) is 0 Å². The van der Waals surface area contributed by atoms with E-state index in [2.05, 4.69) is 34.3 Å². The second kappa shape index (κ2) is 6.34. The van der Waals surface area contributed by atoms with Crippen molar-refractivity contribution in [3.8, 4) is 0 Å². The third kappa shape index (κ3) is 2.83. The molecule has 1 aromatic carbocycles. The molecule has 0 bridgehead atoms. The van der Waals surface area contributed by atoms with Crippen molar-refractivity contribution in [1.29, 1.82) is 0 Å². The fourth-order valence-corrected chi connectivity index (χ4v) is 5.07. The van der Waals surface area contributed by atoms with Crippen LogP contribution in [0.15, 0.2) is 24.3 Å². The van der Waals surface area contributed by atoms with E-state index in [9.17, 15) is 4.79 Å². The second-order valence-electron chi connectivity index (χ2n) is 6.23. The molecule has 0 saturated carbocycles. The molecule has 0 saturated heterocycles. The fourth-order valence-electron chi connectivity index (χ4n) is 3.03. The number of fused-ring (bicyclic) bond motifs is 2. The van der Waals surface area contributed by atoms with E-state index in [1.807, 2.05) is 26.0 Å². The Hall–Kier alpha value is -2.51. The van der Waals surface area contributed by atoms with Gasteiger partial charge in [0.1, 0.15) is 9.71 Å². The monoisotopic (exact) mass is 382 g/mol. The first-order valence-electron chi connectivity index (χ1n) is 8.33. The van der Waals surface area contributed by atoms with Gasteiger partial charge in [-0.3, -0.25) is 10.1 Å². The summed E-state index contributed by atoms with van der Waals surface area (Å²) in [5.74, 6) is -0.239. The number of hydrogen-bond acceptors (Lipinski definition) is 6. The predicted octanol–water partition coefficient (Wildman–Crippen LogP) is 4.92. The van der Waals surface area contributed by atoms with Crippen molar-refractivity contribution in [2.75, 3.05) is 11.1 Å². The first kappa shape index (κ1) is 16.9. The van der Waals surface area contributed by atoms with Crippen LogP contribution in [0.25, 0.3) is 20.4 Å². The van der Waals surface area contributed by atoms with Crippen molar-refractivity contribution in [3.63, 3.8) is 0 Å². The third-order valence-corrected chi connectivity index (χ3v) is 6.34. The number of anilines is 2. The molecule has 5 nitrogen and oxygen atoms in total. The number of hydrogen-bond donors (Lipinski definition) is 2. The number of pyridine rings is 1. The number of aryl methyl sites for hydroxylation is 3. The number of nitrogens with zero attached hydrogens (tertiary/aromatic N) is 2. The molecule has 3 heterocycles. The Kier molecular flexibility index (Phi) is 4.13. The molecule has 1 amide bonds. The van der Waals surface area contributed by atoms with Gasteiger partial charge in [0.2, 0.25) is 0 Å². The number of amides is 1. The lowest BCUT2D eigenvalue weighted by atomic mass is 10.1. The van der Waals surface area contributed by atoms with Crippen molar-refractivity contribution < 1.29 is 4.79 Å². The summed E-state index contributed by atoms with van der Waals surface area (Å²) in [7, 11) is 0. The summed E-state index contributed by atoms with van der Waals surface area (Å²) in [4.78, 5) is 23.0. The van der Waals surface area contributed by atoms with E-state index < -0.39 is 0 Å². The maximum Gasteiger partial charge on any atom is 0.269 e. The molecule has 3 aromatic heterocycles. The predicted molar refractivity (Wildman–Crippen MR) is 110 cm³/mol. The number of nitrogen functional groups attached to an aromatic ring is 1. The molecule has 4 aromatic rings. The van der Waals surface area contributed by atoms with Crippen LogP contribution in [0.3, 0.4) is 0 Å². The molecule has 0 aliphatic heterocycles. The highest BCUT2D eigenvalue weighted by Gasteiger charge is 2.20. The third-order valence-electron chi connectivity index (χ3n) is 4.31. The zero-order valence-electron chi connectivity index (χ0n) is 14.7. The quantitative estimate of drug-likeness (QED) is 0.527. The Bertz CT molecular complexity index is 1160. The van der Waals surface area contributed by atoms with E-state index in [4.69, 9.17) is 5.73 Å². The first-order chi connectivity index (χ1) is 12.5. The average molecular weight is 383 g/mol. The molecule has 0 radical (unpaired) electrons. The average Bonchev–Trinajstić information content (AvgIpc) is 3.14. The van der Waals surface area contributed by atoms with Gasteiger partial charge in [-0.15, -0.1) is 11.3 Å². The molecule has 0 fully saturated rings. The Morgan fingerprint density at radius 2 is 2.00 bits per heavy atom. The zero-order valence-corrected chi connectivity index (χ0v) is 16.3.